The molecule has 1 saturated heterocycles. The van der Waals surface area contributed by atoms with Gasteiger partial charge in [-0.05, 0) is 17.7 Å². The molecule has 0 aromatic heterocycles. The number of carbonyl (C=O) groups is 1. The number of sulfonamides is 1. The number of carboxylic acid groups (broad SMARTS) is 1. The first-order valence-corrected chi connectivity index (χ1v) is 10.2. The molecule has 21 heavy (non-hydrogen) atoms. The smallest absolute Gasteiger partial charge is 0.307 e. The van der Waals surface area contributed by atoms with Gasteiger partial charge in [-0.25, -0.2) is 13.1 Å². The first-order valence-electron chi connectivity index (χ1n) is 6.47. The lowest BCUT2D eigenvalue weighted by atomic mass is 10.2. The van der Waals surface area contributed by atoms with Crippen molar-refractivity contribution in [3.05, 3.63) is 29.8 Å². The van der Waals surface area contributed by atoms with Gasteiger partial charge >= 0.3 is 5.97 Å². The Balaban J connectivity index is 1.96. The van der Waals surface area contributed by atoms with Crippen molar-refractivity contribution in [3.63, 3.8) is 0 Å². The highest BCUT2D eigenvalue weighted by Crippen LogP contribution is 2.23. The maximum Gasteiger partial charge on any atom is 0.307 e. The summed E-state index contributed by atoms with van der Waals surface area (Å²) >= 11 is 3.64. The molecule has 1 aromatic rings. The van der Waals surface area contributed by atoms with Gasteiger partial charge in [0.05, 0.1) is 11.3 Å². The number of benzene rings is 1. The monoisotopic (exact) mass is 347 g/mol. The van der Waals surface area contributed by atoms with Crippen LogP contribution in [0.15, 0.2) is 29.2 Å². The molecule has 0 bridgehead atoms. The van der Waals surface area contributed by atoms with E-state index in [0.717, 1.165) is 17.3 Å². The fraction of sp³-hybridized carbons (Fsp3) is 0.462. The van der Waals surface area contributed by atoms with E-state index in [1.54, 1.807) is 11.8 Å². The Labute approximate surface area is 132 Å². The minimum Gasteiger partial charge on any atom is -0.481 e. The second-order valence-corrected chi connectivity index (χ2v) is 8.96. The van der Waals surface area contributed by atoms with Gasteiger partial charge in [-0.1, -0.05) is 12.1 Å². The Bertz CT molecular complexity index is 580. The minimum atomic E-state index is -3.52. The van der Waals surface area contributed by atoms with E-state index in [1.165, 1.54) is 24.3 Å². The van der Waals surface area contributed by atoms with E-state index in [1.807, 2.05) is 11.8 Å². The molecule has 2 rings (SSSR count). The van der Waals surface area contributed by atoms with Gasteiger partial charge < -0.3 is 5.11 Å². The largest absolute Gasteiger partial charge is 0.481 e. The standard InChI is InChI=1S/C13H17NO4S3/c15-13(16)7-10-1-3-12(4-2-10)21(17,18)14-8-11-9-19-5-6-20-11/h1-4,11,14H,5-9H2,(H,15,16). The molecular weight excluding hydrogens is 330 g/mol. The van der Waals surface area contributed by atoms with Gasteiger partial charge in [-0.3, -0.25) is 4.79 Å². The number of rotatable bonds is 6. The van der Waals surface area contributed by atoms with E-state index < -0.39 is 16.0 Å². The summed E-state index contributed by atoms with van der Waals surface area (Å²) in [5.41, 5.74) is 0.584. The van der Waals surface area contributed by atoms with E-state index in [0.29, 0.717) is 17.4 Å². The second kappa shape index (κ2) is 7.53. The minimum absolute atomic E-state index is 0.107. The van der Waals surface area contributed by atoms with E-state index in [9.17, 15) is 13.2 Å². The fourth-order valence-electron chi connectivity index (χ4n) is 1.90. The van der Waals surface area contributed by atoms with Gasteiger partial charge in [0.25, 0.3) is 0 Å². The van der Waals surface area contributed by atoms with E-state index in [2.05, 4.69) is 4.72 Å². The van der Waals surface area contributed by atoms with Crippen molar-refractivity contribution in [1.82, 2.24) is 4.72 Å². The molecule has 1 aliphatic rings. The lowest BCUT2D eigenvalue weighted by molar-refractivity contribution is -0.136. The van der Waals surface area contributed by atoms with Gasteiger partial charge in [0.1, 0.15) is 0 Å². The maximum absolute atomic E-state index is 12.2. The quantitative estimate of drug-likeness (QED) is 0.810. The van der Waals surface area contributed by atoms with Gasteiger partial charge in [-0.15, -0.1) is 0 Å². The van der Waals surface area contributed by atoms with Crippen LogP contribution in [0.2, 0.25) is 0 Å². The molecule has 0 aliphatic carbocycles. The molecule has 0 spiro atoms. The van der Waals surface area contributed by atoms with Crippen LogP contribution in [0.1, 0.15) is 5.56 Å². The normalized spacial score (nSPS) is 19.3. The van der Waals surface area contributed by atoms with Crippen LogP contribution < -0.4 is 4.72 Å². The molecule has 8 heteroatoms. The third-order valence-corrected chi connectivity index (χ3v) is 7.26. The van der Waals surface area contributed by atoms with Crippen molar-refractivity contribution < 1.29 is 18.3 Å². The van der Waals surface area contributed by atoms with Crippen LogP contribution in [-0.2, 0) is 21.2 Å². The molecule has 2 N–H and O–H groups in total. The topological polar surface area (TPSA) is 83.5 Å². The Morgan fingerprint density at radius 1 is 1.29 bits per heavy atom. The van der Waals surface area contributed by atoms with Crippen molar-refractivity contribution in [1.29, 1.82) is 0 Å². The van der Waals surface area contributed by atoms with Crippen molar-refractivity contribution in [2.45, 2.75) is 16.6 Å². The van der Waals surface area contributed by atoms with Crippen molar-refractivity contribution in [2.24, 2.45) is 0 Å². The summed E-state index contributed by atoms with van der Waals surface area (Å²) < 4.78 is 27.0. The summed E-state index contributed by atoms with van der Waals surface area (Å²) in [5, 5.41) is 9.00. The summed E-state index contributed by atoms with van der Waals surface area (Å²) in [4.78, 5) is 10.8. The molecular formula is C13H17NO4S3. The highest BCUT2D eigenvalue weighted by molar-refractivity contribution is 8.06. The lowest BCUT2D eigenvalue weighted by Crippen LogP contribution is -2.33. The van der Waals surface area contributed by atoms with Crippen LogP contribution in [0.3, 0.4) is 0 Å². The summed E-state index contributed by atoms with van der Waals surface area (Å²) in [5.74, 6) is 2.21. The number of thioether (sulfide) groups is 2. The third-order valence-electron chi connectivity index (χ3n) is 2.97. The number of carboxylic acids is 1. The third kappa shape index (κ3) is 5.21. The zero-order valence-electron chi connectivity index (χ0n) is 11.3. The Hall–Kier alpha value is -0.700. The average molecular weight is 347 g/mol. The number of hydrogen-bond acceptors (Lipinski definition) is 5. The van der Waals surface area contributed by atoms with Crippen LogP contribution in [0.4, 0.5) is 0 Å². The molecule has 1 atom stereocenters. The van der Waals surface area contributed by atoms with E-state index in [4.69, 9.17) is 5.11 Å². The number of hydrogen-bond donors (Lipinski definition) is 2. The molecule has 1 aromatic carbocycles. The van der Waals surface area contributed by atoms with Gasteiger partial charge in [-0.2, -0.15) is 23.5 Å². The van der Waals surface area contributed by atoms with Gasteiger partial charge in [0.2, 0.25) is 10.0 Å². The Kier molecular flexibility index (Phi) is 5.98. The molecule has 1 unspecified atom stereocenters. The first-order chi connectivity index (χ1) is 9.97. The molecule has 1 heterocycles. The maximum atomic E-state index is 12.2. The van der Waals surface area contributed by atoms with Crippen LogP contribution in [-0.4, -0.2) is 48.5 Å². The summed E-state index contributed by atoms with van der Waals surface area (Å²) in [6.45, 7) is 0.427. The molecule has 0 radical (unpaired) electrons. The summed E-state index contributed by atoms with van der Waals surface area (Å²) in [7, 11) is -3.52. The highest BCUT2D eigenvalue weighted by atomic mass is 32.2. The highest BCUT2D eigenvalue weighted by Gasteiger charge is 2.19. The second-order valence-electron chi connectivity index (χ2n) is 4.63. The first kappa shape index (κ1) is 16.7. The average Bonchev–Trinajstić information content (AvgIpc) is 2.46. The van der Waals surface area contributed by atoms with Gasteiger partial charge in [0.15, 0.2) is 0 Å². The Morgan fingerprint density at radius 2 is 2.00 bits per heavy atom. The molecule has 116 valence electrons. The number of aliphatic carboxylic acids is 1. The molecule has 1 fully saturated rings. The van der Waals surface area contributed by atoms with Crippen molar-refractivity contribution in [2.75, 3.05) is 23.8 Å². The van der Waals surface area contributed by atoms with E-state index in [-0.39, 0.29) is 11.3 Å². The van der Waals surface area contributed by atoms with Crippen molar-refractivity contribution in [3.8, 4) is 0 Å². The molecule has 0 saturated carbocycles. The van der Waals surface area contributed by atoms with Crippen LogP contribution in [0.25, 0.3) is 0 Å². The predicted octanol–water partition coefficient (Wildman–Crippen LogP) is 1.44. The van der Waals surface area contributed by atoms with Gasteiger partial charge in [0, 0.05) is 29.1 Å². The van der Waals surface area contributed by atoms with Crippen molar-refractivity contribution >= 4 is 39.5 Å². The van der Waals surface area contributed by atoms with Crippen LogP contribution >= 0.6 is 23.5 Å². The summed E-state index contributed by atoms with van der Waals surface area (Å²) in [6, 6.07) is 5.97. The zero-order valence-corrected chi connectivity index (χ0v) is 13.8. The molecule has 5 nitrogen and oxygen atoms in total. The summed E-state index contributed by atoms with van der Waals surface area (Å²) in [6.07, 6.45) is -0.107. The zero-order chi connectivity index (χ0) is 15.3. The Morgan fingerprint density at radius 3 is 2.57 bits per heavy atom. The molecule has 1 aliphatic heterocycles. The molecule has 0 amide bonds. The SMILES string of the molecule is O=C(O)Cc1ccc(S(=O)(=O)NCC2CSCCS2)cc1. The van der Waals surface area contributed by atoms with E-state index >= 15 is 0 Å². The predicted molar refractivity (Wildman–Crippen MR) is 86.5 cm³/mol. The van der Waals surface area contributed by atoms with Crippen LogP contribution in [0.5, 0.6) is 0 Å². The van der Waals surface area contributed by atoms with Crippen LogP contribution in [0, 0.1) is 0 Å². The lowest BCUT2D eigenvalue weighted by Gasteiger charge is -2.21. The fourth-order valence-corrected chi connectivity index (χ4v) is 5.70. The number of nitrogens with one attached hydrogen (secondary N) is 1.